The zero-order valence-corrected chi connectivity index (χ0v) is 22.2. The van der Waals surface area contributed by atoms with Gasteiger partial charge in [-0.15, -0.1) is 0 Å². The van der Waals surface area contributed by atoms with Gasteiger partial charge in [0, 0.05) is 64.1 Å². The molecule has 194 valence electrons. The Hall–Kier alpha value is -1.89. The summed E-state index contributed by atoms with van der Waals surface area (Å²) in [5, 5.41) is 11.8. The van der Waals surface area contributed by atoms with Crippen molar-refractivity contribution in [1.82, 2.24) is 9.80 Å². The Morgan fingerprint density at radius 1 is 1.17 bits per heavy atom. The highest BCUT2D eigenvalue weighted by atomic mass is 16.5. The minimum Gasteiger partial charge on any atom is -0.496 e. The maximum atomic E-state index is 11.8. The van der Waals surface area contributed by atoms with Crippen LogP contribution < -0.4 is 4.74 Å². The predicted octanol–water partition coefficient (Wildman–Crippen LogP) is 4.12. The van der Waals surface area contributed by atoms with E-state index >= 15 is 0 Å². The standard InChI is InChI=1S/C29H44N2O4/c1-20-16-26-25(11-10-22(3)29(26,33)17-28(20)35-23(4)32)21(2)18-30-12-14-31(15-13-30)19-24-8-6-7-9-27(24)34-5/h6-9,16,21-22,25-26,28,33H,10-15,17-19H2,1-5H3/t21-,22-,25+,26-,28-,29-/m1/s1. The van der Waals surface area contributed by atoms with Crippen molar-refractivity contribution < 1.29 is 19.4 Å². The first-order valence-electron chi connectivity index (χ1n) is 13.4. The Morgan fingerprint density at radius 3 is 2.54 bits per heavy atom. The molecule has 0 spiro atoms. The second-order valence-electron chi connectivity index (χ2n) is 11.2. The van der Waals surface area contributed by atoms with Crippen molar-refractivity contribution in [3.63, 3.8) is 0 Å². The first-order chi connectivity index (χ1) is 16.7. The summed E-state index contributed by atoms with van der Waals surface area (Å²) in [5.41, 5.74) is 1.54. The number of nitrogens with zero attached hydrogens (tertiary/aromatic N) is 2. The van der Waals surface area contributed by atoms with Crippen LogP contribution in [0.25, 0.3) is 0 Å². The van der Waals surface area contributed by atoms with Crippen molar-refractivity contribution in [3.8, 4) is 5.75 Å². The lowest BCUT2D eigenvalue weighted by Gasteiger charge is -2.53. The maximum Gasteiger partial charge on any atom is 0.303 e. The number of esters is 1. The highest BCUT2D eigenvalue weighted by Crippen LogP contribution is 2.51. The molecule has 4 rings (SSSR count). The molecule has 1 heterocycles. The van der Waals surface area contributed by atoms with Gasteiger partial charge in [-0.2, -0.15) is 0 Å². The lowest BCUT2D eigenvalue weighted by atomic mass is 9.57. The van der Waals surface area contributed by atoms with Crippen molar-refractivity contribution in [1.29, 1.82) is 0 Å². The monoisotopic (exact) mass is 484 g/mol. The van der Waals surface area contributed by atoms with E-state index in [9.17, 15) is 9.90 Å². The molecule has 0 bridgehead atoms. The summed E-state index contributed by atoms with van der Waals surface area (Å²) in [6, 6.07) is 8.30. The SMILES string of the molecule is COc1ccccc1CN1CCN(C[C@@H](C)[C@@H]2CC[C@@H](C)[C@]3(O)C[C@@H](OC(C)=O)C(C)=C[C@H]23)CC1. The van der Waals surface area contributed by atoms with Crippen LogP contribution in [-0.2, 0) is 16.1 Å². The van der Waals surface area contributed by atoms with E-state index in [-0.39, 0.29) is 23.9 Å². The maximum absolute atomic E-state index is 11.8. The Morgan fingerprint density at radius 2 is 1.86 bits per heavy atom. The highest BCUT2D eigenvalue weighted by Gasteiger charge is 2.52. The molecular formula is C29H44N2O4. The number of fused-ring (bicyclic) bond motifs is 1. The fourth-order valence-electron chi connectivity index (χ4n) is 6.75. The number of carbonyl (C=O) groups excluding carboxylic acids is 1. The normalized spacial score (nSPS) is 32.9. The van der Waals surface area contributed by atoms with Gasteiger partial charge in [0.1, 0.15) is 11.9 Å². The van der Waals surface area contributed by atoms with Gasteiger partial charge in [0.25, 0.3) is 0 Å². The number of benzene rings is 1. The molecule has 0 unspecified atom stereocenters. The van der Waals surface area contributed by atoms with Crippen LogP contribution in [-0.4, -0.2) is 72.4 Å². The summed E-state index contributed by atoms with van der Waals surface area (Å²) < 4.78 is 11.1. The average molecular weight is 485 g/mol. The van der Waals surface area contributed by atoms with Gasteiger partial charge >= 0.3 is 5.97 Å². The molecule has 0 radical (unpaired) electrons. The largest absolute Gasteiger partial charge is 0.496 e. The predicted molar refractivity (Wildman–Crippen MR) is 138 cm³/mol. The molecule has 2 aliphatic carbocycles. The van der Waals surface area contributed by atoms with Crippen molar-refractivity contribution in [2.24, 2.45) is 23.7 Å². The van der Waals surface area contributed by atoms with Gasteiger partial charge in [0.2, 0.25) is 0 Å². The topological polar surface area (TPSA) is 62.2 Å². The number of ether oxygens (including phenoxy) is 2. The number of rotatable bonds is 7. The van der Waals surface area contributed by atoms with E-state index in [1.165, 1.54) is 12.5 Å². The Labute approximate surface area is 211 Å². The van der Waals surface area contributed by atoms with E-state index in [0.29, 0.717) is 18.3 Å². The second-order valence-corrected chi connectivity index (χ2v) is 11.2. The van der Waals surface area contributed by atoms with Crippen molar-refractivity contribution in [3.05, 3.63) is 41.5 Å². The van der Waals surface area contributed by atoms with Gasteiger partial charge in [-0.05, 0) is 49.2 Å². The Balaban J connectivity index is 1.36. The van der Waals surface area contributed by atoms with Crippen molar-refractivity contribution >= 4 is 5.97 Å². The van der Waals surface area contributed by atoms with Crippen LogP contribution in [0.4, 0.5) is 0 Å². The minimum absolute atomic E-state index is 0.125. The lowest BCUT2D eigenvalue weighted by Crippen LogP contribution is -2.56. The fraction of sp³-hybridized carbons (Fsp3) is 0.690. The molecule has 1 aromatic rings. The minimum atomic E-state index is -0.801. The fourth-order valence-corrected chi connectivity index (χ4v) is 6.75. The molecule has 6 nitrogen and oxygen atoms in total. The smallest absolute Gasteiger partial charge is 0.303 e. The molecule has 6 atom stereocenters. The van der Waals surface area contributed by atoms with Gasteiger partial charge in [-0.3, -0.25) is 9.69 Å². The number of carbonyl (C=O) groups is 1. The van der Waals surface area contributed by atoms with Gasteiger partial charge in [0.05, 0.1) is 12.7 Å². The number of hydrogen-bond acceptors (Lipinski definition) is 6. The van der Waals surface area contributed by atoms with E-state index in [2.05, 4.69) is 48.8 Å². The summed E-state index contributed by atoms with van der Waals surface area (Å²) >= 11 is 0. The number of methoxy groups -OCH3 is 1. The zero-order chi connectivity index (χ0) is 25.2. The first kappa shape index (κ1) is 26.2. The quantitative estimate of drug-likeness (QED) is 0.464. The third kappa shape index (κ3) is 5.76. The van der Waals surface area contributed by atoms with E-state index in [1.807, 2.05) is 12.1 Å². The third-order valence-electron chi connectivity index (χ3n) is 8.92. The van der Waals surface area contributed by atoms with E-state index in [0.717, 1.165) is 63.4 Å². The van der Waals surface area contributed by atoms with E-state index < -0.39 is 5.60 Å². The summed E-state index contributed by atoms with van der Waals surface area (Å²) in [5.74, 6) is 1.96. The zero-order valence-electron chi connectivity index (χ0n) is 22.2. The van der Waals surface area contributed by atoms with Crippen molar-refractivity contribution in [2.75, 3.05) is 39.8 Å². The number of hydrogen-bond donors (Lipinski definition) is 1. The van der Waals surface area contributed by atoms with Crippen molar-refractivity contribution in [2.45, 2.75) is 65.2 Å². The average Bonchev–Trinajstić information content (AvgIpc) is 2.82. The van der Waals surface area contributed by atoms with E-state index in [4.69, 9.17) is 9.47 Å². The molecule has 1 aliphatic heterocycles. The molecule has 6 heteroatoms. The van der Waals surface area contributed by atoms with Gasteiger partial charge in [0.15, 0.2) is 0 Å². The summed E-state index contributed by atoms with van der Waals surface area (Å²) in [6.45, 7) is 14.3. The summed E-state index contributed by atoms with van der Waals surface area (Å²) in [6.07, 6.45) is 4.62. The molecule has 0 aromatic heterocycles. The van der Waals surface area contributed by atoms with Gasteiger partial charge < -0.3 is 19.5 Å². The highest BCUT2D eigenvalue weighted by molar-refractivity contribution is 5.66. The van der Waals surface area contributed by atoms with Crippen LogP contribution in [0.3, 0.4) is 0 Å². The number of piperazine rings is 1. The molecule has 3 aliphatic rings. The van der Waals surface area contributed by atoms with Crippen LogP contribution in [0.5, 0.6) is 5.75 Å². The Kier molecular flexibility index (Phi) is 8.24. The van der Waals surface area contributed by atoms with Crippen LogP contribution in [0.15, 0.2) is 35.9 Å². The van der Waals surface area contributed by atoms with Gasteiger partial charge in [-0.1, -0.05) is 38.1 Å². The molecule has 1 N–H and O–H groups in total. The molecule has 35 heavy (non-hydrogen) atoms. The molecule has 1 saturated heterocycles. The second kappa shape index (κ2) is 11.0. The van der Waals surface area contributed by atoms with Crippen LogP contribution in [0, 0.1) is 23.7 Å². The summed E-state index contributed by atoms with van der Waals surface area (Å²) in [4.78, 5) is 16.7. The molecule has 0 amide bonds. The van der Waals surface area contributed by atoms with Crippen LogP contribution in [0.1, 0.15) is 52.5 Å². The number of para-hydroxylation sites is 1. The third-order valence-corrected chi connectivity index (χ3v) is 8.92. The van der Waals surface area contributed by atoms with Crippen LogP contribution >= 0.6 is 0 Å². The Bertz CT molecular complexity index is 910. The summed E-state index contributed by atoms with van der Waals surface area (Å²) in [7, 11) is 1.74. The number of aliphatic hydroxyl groups is 1. The lowest BCUT2D eigenvalue weighted by molar-refractivity contribution is -0.159. The molecule has 1 aromatic carbocycles. The van der Waals surface area contributed by atoms with E-state index in [1.54, 1.807) is 7.11 Å². The van der Waals surface area contributed by atoms with Crippen LogP contribution in [0.2, 0.25) is 0 Å². The molecular weight excluding hydrogens is 440 g/mol. The molecule has 1 saturated carbocycles. The van der Waals surface area contributed by atoms with Gasteiger partial charge in [-0.25, -0.2) is 0 Å². The molecule has 2 fully saturated rings. The first-order valence-corrected chi connectivity index (χ1v) is 13.4.